The number of fused-ring (bicyclic) bond motifs is 1. The molecule has 0 saturated carbocycles. The second kappa shape index (κ2) is 4.41. The smallest absolute Gasteiger partial charge is 0.340 e. The van der Waals surface area contributed by atoms with Crippen molar-refractivity contribution in [3.05, 3.63) is 39.7 Å². The maximum Gasteiger partial charge on any atom is 0.340 e. The lowest BCUT2D eigenvalue weighted by Crippen LogP contribution is -2.03. The molecule has 0 unspecified atom stereocenters. The molecule has 0 saturated heterocycles. The summed E-state index contributed by atoms with van der Waals surface area (Å²) in [6.45, 7) is 1.66. The van der Waals surface area contributed by atoms with Gasteiger partial charge in [-0.2, -0.15) is 0 Å². The summed E-state index contributed by atoms with van der Waals surface area (Å²) in [6.07, 6.45) is 1.37. The van der Waals surface area contributed by atoms with Gasteiger partial charge in [0.1, 0.15) is 5.82 Å². The fourth-order valence-corrected chi connectivity index (χ4v) is 2.12. The van der Waals surface area contributed by atoms with Gasteiger partial charge < -0.3 is 4.74 Å². The van der Waals surface area contributed by atoms with E-state index in [1.807, 2.05) is 0 Å². The summed E-state index contributed by atoms with van der Waals surface area (Å²) < 4.78 is 18.6. The maximum absolute atomic E-state index is 13.4. The number of hydrogen-bond acceptors (Lipinski definition) is 3. The fraction of sp³-hybridized carbons (Fsp3) is 0.167. The van der Waals surface area contributed by atoms with Crippen LogP contribution in [0, 0.1) is 12.7 Å². The number of carbonyl (C=O) groups is 1. The Labute approximate surface area is 106 Å². The second-order valence-corrected chi connectivity index (χ2v) is 4.39. The Morgan fingerprint density at radius 2 is 2.18 bits per heavy atom. The third-order valence-corrected chi connectivity index (χ3v) is 3.34. The summed E-state index contributed by atoms with van der Waals surface area (Å²) in [5.74, 6) is -0.795. The van der Waals surface area contributed by atoms with E-state index in [0.29, 0.717) is 26.5 Å². The van der Waals surface area contributed by atoms with E-state index in [2.05, 4.69) is 25.7 Å². The molecule has 0 amide bonds. The van der Waals surface area contributed by atoms with Crippen molar-refractivity contribution >= 4 is 32.8 Å². The first-order valence-corrected chi connectivity index (χ1v) is 5.66. The third kappa shape index (κ3) is 2.02. The molecule has 1 heterocycles. The van der Waals surface area contributed by atoms with Gasteiger partial charge in [-0.15, -0.1) is 0 Å². The van der Waals surface area contributed by atoms with E-state index in [1.165, 1.54) is 19.4 Å². The van der Waals surface area contributed by atoms with Gasteiger partial charge >= 0.3 is 5.97 Å². The minimum atomic E-state index is -0.478. The first kappa shape index (κ1) is 12.0. The predicted molar refractivity (Wildman–Crippen MR) is 65.5 cm³/mol. The second-order valence-electron chi connectivity index (χ2n) is 3.60. The highest BCUT2D eigenvalue weighted by Crippen LogP contribution is 2.28. The molecule has 2 rings (SSSR count). The highest BCUT2D eigenvalue weighted by Gasteiger charge is 2.14. The van der Waals surface area contributed by atoms with Gasteiger partial charge in [-0.25, -0.2) is 9.18 Å². The number of benzene rings is 1. The molecule has 0 aliphatic heterocycles. The summed E-state index contributed by atoms with van der Waals surface area (Å²) in [6, 6.07) is 2.99. The van der Waals surface area contributed by atoms with Crippen molar-refractivity contribution in [1.29, 1.82) is 0 Å². The van der Waals surface area contributed by atoms with E-state index < -0.39 is 5.97 Å². The summed E-state index contributed by atoms with van der Waals surface area (Å²) in [7, 11) is 1.30. The molecule has 88 valence electrons. The molecule has 17 heavy (non-hydrogen) atoms. The van der Waals surface area contributed by atoms with Crippen LogP contribution < -0.4 is 0 Å². The van der Waals surface area contributed by atoms with Crippen molar-refractivity contribution in [2.24, 2.45) is 0 Å². The summed E-state index contributed by atoms with van der Waals surface area (Å²) >= 11 is 3.32. The van der Waals surface area contributed by atoms with Crippen molar-refractivity contribution in [1.82, 2.24) is 4.98 Å². The van der Waals surface area contributed by atoms with Crippen molar-refractivity contribution in [2.75, 3.05) is 7.11 Å². The number of hydrogen-bond donors (Lipinski definition) is 0. The normalized spacial score (nSPS) is 10.6. The number of aryl methyl sites for hydroxylation is 1. The predicted octanol–water partition coefficient (Wildman–Crippen LogP) is 3.23. The van der Waals surface area contributed by atoms with Crippen LogP contribution in [0.5, 0.6) is 0 Å². The van der Waals surface area contributed by atoms with Gasteiger partial charge in [-0.05, 0) is 34.5 Å². The molecule has 1 aromatic carbocycles. The lowest BCUT2D eigenvalue weighted by molar-refractivity contribution is 0.0599. The summed E-state index contributed by atoms with van der Waals surface area (Å²) in [4.78, 5) is 15.5. The standard InChI is InChI=1S/C12H9BrFNO2/c1-6-3-7-10(4-9(6)14)15-5-8(11(7)13)12(16)17-2/h3-5H,1-2H3. The molecule has 0 bridgehead atoms. The molecule has 3 nitrogen and oxygen atoms in total. The highest BCUT2D eigenvalue weighted by molar-refractivity contribution is 9.10. The van der Waals surface area contributed by atoms with Crippen LogP contribution in [0.2, 0.25) is 0 Å². The van der Waals surface area contributed by atoms with E-state index in [-0.39, 0.29) is 5.82 Å². The molecule has 0 fully saturated rings. The van der Waals surface area contributed by atoms with E-state index in [1.54, 1.807) is 13.0 Å². The number of carbonyl (C=O) groups excluding carboxylic acids is 1. The van der Waals surface area contributed by atoms with Gasteiger partial charge in [-0.1, -0.05) is 0 Å². The summed E-state index contributed by atoms with van der Waals surface area (Å²) in [5.41, 5.74) is 1.32. The zero-order valence-corrected chi connectivity index (χ0v) is 10.8. The minimum absolute atomic E-state index is 0.317. The molecule has 0 atom stereocenters. The first-order chi connectivity index (χ1) is 8.04. The van der Waals surface area contributed by atoms with Gasteiger partial charge in [-0.3, -0.25) is 4.98 Å². The van der Waals surface area contributed by atoms with Gasteiger partial charge in [0, 0.05) is 22.1 Å². The van der Waals surface area contributed by atoms with Crippen molar-refractivity contribution in [2.45, 2.75) is 6.92 Å². The Hall–Kier alpha value is -1.49. The maximum atomic E-state index is 13.4. The van der Waals surface area contributed by atoms with Crippen LogP contribution in [-0.4, -0.2) is 18.1 Å². The molecule has 0 aliphatic carbocycles. The average molecular weight is 298 g/mol. The fourth-order valence-electron chi connectivity index (χ4n) is 1.54. The topological polar surface area (TPSA) is 39.2 Å². The van der Waals surface area contributed by atoms with E-state index in [0.717, 1.165) is 0 Å². The van der Waals surface area contributed by atoms with Crippen molar-refractivity contribution in [3.63, 3.8) is 0 Å². The number of methoxy groups -OCH3 is 1. The average Bonchev–Trinajstić information content (AvgIpc) is 2.31. The molecule has 0 radical (unpaired) electrons. The van der Waals surface area contributed by atoms with Crippen molar-refractivity contribution in [3.8, 4) is 0 Å². The first-order valence-electron chi connectivity index (χ1n) is 4.87. The third-order valence-electron chi connectivity index (χ3n) is 2.49. The molecule has 2 aromatic rings. The van der Waals surface area contributed by atoms with Crippen LogP contribution >= 0.6 is 15.9 Å². The highest BCUT2D eigenvalue weighted by atomic mass is 79.9. The molecule has 5 heteroatoms. The number of pyridine rings is 1. The largest absolute Gasteiger partial charge is 0.465 e. The zero-order chi connectivity index (χ0) is 12.6. The molecule has 1 aromatic heterocycles. The Bertz CT molecular complexity index is 613. The number of esters is 1. The lowest BCUT2D eigenvalue weighted by atomic mass is 10.1. The molecule has 0 aliphatic rings. The minimum Gasteiger partial charge on any atom is -0.465 e. The van der Waals surface area contributed by atoms with Crippen LogP contribution in [0.25, 0.3) is 10.9 Å². The quantitative estimate of drug-likeness (QED) is 0.759. The molecule has 0 spiro atoms. The van der Waals surface area contributed by atoms with E-state index in [4.69, 9.17) is 0 Å². The Morgan fingerprint density at radius 1 is 1.47 bits per heavy atom. The van der Waals surface area contributed by atoms with Gasteiger partial charge in [0.2, 0.25) is 0 Å². The number of ether oxygens (including phenoxy) is 1. The SMILES string of the molecule is COC(=O)c1cnc2cc(F)c(C)cc2c1Br. The molecular formula is C12H9BrFNO2. The van der Waals surface area contributed by atoms with Gasteiger partial charge in [0.05, 0.1) is 18.2 Å². The Balaban J connectivity index is 2.75. The van der Waals surface area contributed by atoms with E-state index >= 15 is 0 Å². The number of rotatable bonds is 1. The van der Waals surface area contributed by atoms with Crippen molar-refractivity contribution < 1.29 is 13.9 Å². The number of nitrogens with zero attached hydrogens (tertiary/aromatic N) is 1. The number of halogens is 2. The van der Waals surface area contributed by atoms with Crippen LogP contribution in [-0.2, 0) is 4.74 Å². The molecular weight excluding hydrogens is 289 g/mol. The zero-order valence-electron chi connectivity index (χ0n) is 9.25. The van der Waals surface area contributed by atoms with Crippen LogP contribution in [0.3, 0.4) is 0 Å². The van der Waals surface area contributed by atoms with Crippen LogP contribution in [0.15, 0.2) is 22.8 Å². The Kier molecular flexibility index (Phi) is 3.11. The lowest BCUT2D eigenvalue weighted by Gasteiger charge is -2.07. The molecule has 0 N–H and O–H groups in total. The van der Waals surface area contributed by atoms with Crippen LogP contribution in [0.1, 0.15) is 15.9 Å². The van der Waals surface area contributed by atoms with Crippen LogP contribution in [0.4, 0.5) is 4.39 Å². The van der Waals surface area contributed by atoms with Gasteiger partial charge in [0.15, 0.2) is 0 Å². The summed E-state index contributed by atoms with van der Waals surface area (Å²) in [5, 5.41) is 0.687. The van der Waals surface area contributed by atoms with Gasteiger partial charge in [0.25, 0.3) is 0 Å². The monoisotopic (exact) mass is 297 g/mol. The number of aromatic nitrogens is 1. The Morgan fingerprint density at radius 3 is 2.82 bits per heavy atom. The van der Waals surface area contributed by atoms with E-state index in [9.17, 15) is 9.18 Å².